The van der Waals surface area contributed by atoms with Crippen molar-refractivity contribution in [2.45, 2.75) is 88.0 Å². The van der Waals surface area contributed by atoms with Crippen LogP contribution in [-0.4, -0.2) is 23.5 Å². The lowest BCUT2D eigenvalue weighted by Gasteiger charge is -2.23. The summed E-state index contributed by atoms with van der Waals surface area (Å²) < 4.78 is 10.8. The first kappa shape index (κ1) is 30.0. The number of hydrogen-bond donors (Lipinski definition) is 0. The molecule has 6 heteroatoms. The van der Waals surface area contributed by atoms with Crippen LogP contribution in [-0.2, 0) is 28.7 Å². The Bertz CT molecular complexity index is 1000. The number of carbonyl (C=O) groups is 4. The predicted molar refractivity (Wildman–Crippen MR) is 137 cm³/mol. The molecule has 1 rings (SSSR count). The smallest absolute Gasteiger partial charge is 0.313 e. The largest absolute Gasteiger partial charge is 0.422 e. The summed E-state index contributed by atoms with van der Waals surface area (Å²) in [6.45, 7) is 16.3. The molecule has 0 N–H and O–H groups in total. The molecule has 0 bridgehead atoms. The minimum atomic E-state index is -0.754. The van der Waals surface area contributed by atoms with E-state index in [-0.39, 0.29) is 35.5 Å². The number of rotatable bonds is 11. The van der Waals surface area contributed by atoms with Crippen LogP contribution in [0, 0.1) is 11.8 Å². The Morgan fingerprint density at radius 2 is 1.11 bits per heavy atom. The third kappa shape index (κ3) is 9.27. The molecule has 0 fully saturated rings. The highest BCUT2D eigenvalue weighted by atomic mass is 16.6. The number of carbonyl (C=O) groups excluding carboxylic acids is 4. The van der Waals surface area contributed by atoms with Crippen LogP contribution in [0.15, 0.2) is 57.6 Å². The van der Waals surface area contributed by atoms with Gasteiger partial charge >= 0.3 is 11.9 Å². The maximum absolute atomic E-state index is 13.6. The van der Waals surface area contributed by atoms with Gasteiger partial charge in [-0.3, -0.25) is 19.2 Å². The van der Waals surface area contributed by atoms with Gasteiger partial charge in [0.05, 0.1) is 23.0 Å². The van der Waals surface area contributed by atoms with Crippen LogP contribution in [0.5, 0.6) is 0 Å². The molecular formula is C29H40O6. The van der Waals surface area contributed by atoms with Crippen LogP contribution in [0.3, 0.4) is 0 Å². The fourth-order valence-corrected chi connectivity index (χ4v) is 3.06. The molecule has 35 heavy (non-hydrogen) atoms. The highest BCUT2D eigenvalue weighted by Crippen LogP contribution is 2.32. The van der Waals surface area contributed by atoms with Crippen molar-refractivity contribution >= 4 is 23.5 Å². The minimum absolute atomic E-state index is 0.0974. The SMILES string of the molecule is CC(C)=CCC/C(C)=C/CC1=C(OC(=O)C(C)C)C(=O)C(OC(=O)C(C)C)=C(CC=C(C)C)C1=O. The van der Waals surface area contributed by atoms with E-state index in [1.54, 1.807) is 33.8 Å². The molecule has 1 aliphatic carbocycles. The Hall–Kier alpha value is -3.02. The standard InChI is InChI=1S/C29H40O6/c1-17(2)11-10-12-21(9)14-16-23-24(30)22(15-13-18(3)4)26(34-28(32)19(5)6)25(31)27(23)35-29(33)20(7)8/h11,13-14,19-20H,10,12,15-16H2,1-9H3/b21-14+. The fourth-order valence-electron chi connectivity index (χ4n) is 3.06. The molecule has 0 aromatic heterocycles. The monoisotopic (exact) mass is 484 g/mol. The van der Waals surface area contributed by atoms with Gasteiger partial charge in [0.25, 0.3) is 5.78 Å². The van der Waals surface area contributed by atoms with Crippen LogP contribution >= 0.6 is 0 Å². The van der Waals surface area contributed by atoms with Gasteiger partial charge in [-0.15, -0.1) is 0 Å². The first-order chi connectivity index (χ1) is 16.3. The number of ketones is 2. The summed E-state index contributed by atoms with van der Waals surface area (Å²) in [4.78, 5) is 51.8. The van der Waals surface area contributed by atoms with E-state index in [4.69, 9.17) is 9.47 Å². The topological polar surface area (TPSA) is 86.7 Å². The van der Waals surface area contributed by atoms with Crippen molar-refractivity contribution < 1.29 is 28.7 Å². The van der Waals surface area contributed by atoms with E-state index >= 15 is 0 Å². The molecule has 0 atom stereocenters. The van der Waals surface area contributed by atoms with E-state index in [0.717, 1.165) is 24.0 Å². The van der Waals surface area contributed by atoms with E-state index in [0.29, 0.717) is 0 Å². The van der Waals surface area contributed by atoms with Gasteiger partial charge in [-0.2, -0.15) is 0 Å². The Morgan fingerprint density at radius 1 is 0.686 bits per heavy atom. The average Bonchev–Trinajstić information content (AvgIpc) is 2.75. The summed E-state index contributed by atoms with van der Waals surface area (Å²) in [5, 5.41) is 0. The molecule has 0 spiro atoms. The first-order valence-electron chi connectivity index (χ1n) is 12.2. The number of allylic oxidation sites excluding steroid dienone is 8. The van der Waals surface area contributed by atoms with Gasteiger partial charge in [0.1, 0.15) is 0 Å². The number of esters is 2. The van der Waals surface area contributed by atoms with Crippen molar-refractivity contribution in [3.05, 3.63) is 57.6 Å². The van der Waals surface area contributed by atoms with Crippen LogP contribution in [0.25, 0.3) is 0 Å². The van der Waals surface area contributed by atoms with Gasteiger partial charge in [-0.1, -0.05) is 62.6 Å². The van der Waals surface area contributed by atoms with Crippen LogP contribution in [0.2, 0.25) is 0 Å². The normalized spacial score (nSPS) is 14.5. The Kier molecular flexibility index (Phi) is 11.8. The Labute approximate surface area is 209 Å². The molecule has 0 saturated carbocycles. The Morgan fingerprint density at radius 3 is 1.51 bits per heavy atom. The van der Waals surface area contributed by atoms with Gasteiger partial charge < -0.3 is 9.47 Å². The number of ether oxygens (including phenoxy) is 2. The first-order valence-corrected chi connectivity index (χ1v) is 12.2. The molecule has 0 heterocycles. The third-order valence-electron chi connectivity index (χ3n) is 5.32. The van der Waals surface area contributed by atoms with Crippen molar-refractivity contribution in [2.24, 2.45) is 11.8 Å². The molecule has 0 unspecified atom stereocenters. The second kappa shape index (κ2) is 13.8. The van der Waals surface area contributed by atoms with Crippen LogP contribution < -0.4 is 0 Å². The quantitative estimate of drug-likeness (QED) is 0.189. The van der Waals surface area contributed by atoms with Crippen molar-refractivity contribution in [1.82, 2.24) is 0 Å². The van der Waals surface area contributed by atoms with E-state index in [9.17, 15) is 19.2 Å². The zero-order chi connectivity index (χ0) is 26.9. The lowest BCUT2D eigenvalue weighted by molar-refractivity contribution is -0.148. The van der Waals surface area contributed by atoms with Gasteiger partial charge in [-0.25, -0.2) is 0 Å². The molecule has 0 aromatic rings. The third-order valence-corrected chi connectivity index (χ3v) is 5.32. The van der Waals surface area contributed by atoms with Crippen molar-refractivity contribution in [3.8, 4) is 0 Å². The molecule has 1 aliphatic rings. The maximum atomic E-state index is 13.6. The highest BCUT2D eigenvalue weighted by molar-refractivity contribution is 6.24. The zero-order valence-corrected chi connectivity index (χ0v) is 22.7. The molecule has 192 valence electrons. The van der Waals surface area contributed by atoms with Crippen molar-refractivity contribution in [1.29, 1.82) is 0 Å². The molecular weight excluding hydrogens is 444 g/mol. The summed E-state index contributed by atoms with van der Waals surface area (Å²) in [5.41, 5.74) is 3.43. The molecule has 0 radical (unpaired) electrons. The van der Waals surface area contributed by atoms with E-state index in [1.807, 2.05) is 40.7 Å². The highest BCUT2D eigenvalue weighted by Gasteiger charge is 2.39. The van der Waals surface area contributed by atoms with Gasteiger partial charge in [0.15, 0.2) is 17.3 Å². The molecule has 0 saturated heterocycles. The predicted octanol–water partition coefficient (Wildman–Crippen LogP) is 6.48. The number of hydrogen-bond acceptors (Lipinski definition) is 6. The molecule has 0 amide bonds. The molecule has 0 aliphatic heterocycles. The lowest BCUT2D eigenvalue weighted by atomic mass is 9.88. The van der Waals surface area contributed by atoms with Crippen LogP contribution in [0.4, 0.5) is 0 Å². The van der Waals surface area contributed by atoms with E-state index in [1.165, 1.54) is 5.57 Å². The zero-order valence-electron chi connectivity index (χ0n) is 22.7. The average molecular weight is 485 g/mol. The Balaban J connectivity index is 3.54. The summed E-state index contributed by atoms with van der Waals surface area (Å²) >= 11 is 0. The van der Waals surface area contributed by atoms with E-state index in [2.05, 4.69) is 6.08 Å². The summed E-state index contributed by atoms with van der Waals surface area (Å²) in [6.07, 6.45) is 7.75. The van der Waals surface area contributed by atoms with Gasteiger partial charge in [0, 0.05) is 0 Å². The van der Waals surface area contributed by atoms with Crippen LogP contribution in [0.1, 0.15) is 88.0 Å². The number of Topliss-reactive ketones (excluding diaryl/α,β-unsaturated/α-hetero) is 2. The second-order valence-corrected chi connectivity index (χ2v) is 9.99. The fraction of sp³-hybridized carbons (Fsp3) is 0.517. The summed E-state index contributed by atoms with van der Waals surface area (Å²) in [7, 11) is 0. The summed E-state index contributed by atoms with van der Waals surface area (Å²) in [5.74, 6) is -4.20. The van der Waals surface area contributed by atoms with Crippen molar-refractivity contribution in [2.75, 3.05) is 0 Å². The molecule has 0 aromatic carbocycles. The minimum Gasteiger partial charge on any atom is -0.422 e. The lowest BCUT2D eigenvalue weighted by Crippen LogP contribution is -2.30. The summed E-state index contributed by atoms with van der Waals surface area (Å²) in [6, 6.07) is 0. The second-order valence-electron chi connectivity index (χ2n) is 9.99. The maximum Gasteiger partial charge on any atom is 0.313 e. The van der Waals surface area contributed by atoms with E-state index < -0.39 is 35.3 Å². The van der Waals surface area contributed by atoms with Crippen molar-refractivity contribution in [3.63, 3.8) is 0 Å². The van der Waals surface area contributed by atoms with Gasteiger partial charge in [-0.05, 0) is 60.3 Å². The van der Waals surface area contributed by atoms with Gasteiger partial charge in [0.2, 0.25) is 0 Å². The molecule has 6 nitrogen and oxygen atoms in total.